The van der Waals surface area contributed by atoms with Crippen LogP contribution < -0.4 is 14.8 Å². The van der Waals surface area contributed by atoms with Crippen molar-refractivity contribution in [2.24, 2.45) is 0 Å². The summed E-state index contributed by atoms with van der Waals surface area (Å²) in [5.74, 6) is 0.111. The predicted molar refractivity (Wildman–Crippen MR) is 68.9 cm³/mol. The van der Waals surface area contributed by atoms with Crippen LogP contribution in [-0.2, 0) is 9.53 Å². The van der Waals surface area contributed by atoms with E-state index in [0.29, 0.717) is 43.2 Å². The lowest BCUT2D eigenvalue weighted by Gasteiger charge is -2.23. The molecule has 1 saturated heterocycles. The number of carbonyl (C=O) groups excluding carboxylic acids is 2. The Morgan fingerprint density at radius 2 is 2.15 bits per heavy atom. The standard InChI is InChI=1S/C14H15NO5/c16-13-11(5-2-6-15-13)20-14(17)9-3-1-4-10-12(9)19-8-7-18-10/h1,3-4,11H,2,5-8H2,(H,15,16)/t11-/m0/s1. The van der Waals surface area contributed by atoms with Crippen LogP contribution >= 0.6 is 0 Å². The Kier molecular flexibility index (Phi) is 3.45. The van der Waals surface area contributed by atoms with Gasteiger partial charge in [0.15, 0.2) is 17.6 Å². The molecule has 2 aliphatic rings. The molecule has 1 atom stereocenters. The minimum atomic E-state index is -0.725. The Bertz CT molecular complexity index is 542. The smallest absolute Gasteiger partial charge is 0.342 e. The zero-order valence-electron chi connectivity index (χ0n) is 10.9. The Morgan fingerprint density at radius 1 is 1.30 bits per heavy atom. The first kappa shape index (κ1) is 12.8. The third-order valence-electron chi connectivity index (χ3n) is 3.27. The fourth-order valence-electron chi connectivity index (χ4n) is 2.28. The van der Waals surface area contributed by atoms with Gasteiger partial charge in [-0.15, -0.1) is 0 Å². The van der Waals surface area contributed by atoms with Crippen LogP contribution in [0.25, 0.3) is 0 Å². The molecule has 2 heterocycles. The normalized spacial score (nSPS) is 21.0. The maximum atomic E-state index is 12.2. The van der Waals surface area contributed by atoms with Crippen molar-refractivity contribution in [1.29, 1.82) is 0 Å². The lowest BCUT2D eigenvalue weighted by atomic mass is 10.1. The van der Waals surface area contributed by atoms with Gasteiger partial charge in [-0.3, -0.25) is 4.79 Å². The minimum absolute atomic E-state index is 0.244. The maximum absolute atomic E-state index is 12.2. The van der Waals surface area contributed by atoms with Crippen molar-refractivity contribution >= 4 is 11.9 Å². The molecule has 106 valence electrons. The first-order valence-corrected chi connectivity index (χ1v) is 6.63. The second-order valence-electron chi connectivity index (χ2n) is 4.66. The monoisotopic (exact) mass is 277 g/mol. The number of fused-ring (bicyclic) bond motifs is 1. The van der Waals surface area contributed by atoms with Gasteiger partial charge in [0.05, 0.1) is 0 Å². The molecule has 0 spiro atoms. The van der Waals surface area contributed by atoms with Crippen molar-refractivity contribution in [2.45, 2.75) is 18.9 Å². The van der Waals surface area contributed by atoms with Crippen LogP contribution in [0.5, 0.6) is 11.5 Å². The van der Waals surface area contributed by atoms with E-state index in [9.17, 15) is 9.59 Å². The highest BCUT2D eigenvalue weighted by molar-refractivity contribution is 5.95. The highest BCUT2D eigenvalue weighted by atomic mass is 16.6. The fraction of sp³-hybridized carbons (Fsp3) is 0.429. The number of esters is 1. The maximum Gasteiger partial charge on any atom is 0.342 e. The van der Waals surface area contributed by atoms with Crippen LogP contribution in [0, 0.1) is 0 Å². The van der Waals surface area contributed by atoms with E-state index in [2.05, 4.69) is 5.32 Å². The van der Waals surface area contributed by atoms with E-state index >= 15 is 0 Å². The molecule has 20 heavy (non-hydrogen) atoms. The molecule has 1 amide bonds. The summed E-state index contributed by atoms with van der Waals surface area (Å²) in [7, 11) is 0. The van der Waals surface area contributed by atoms with Crippen LogP contribution in [0.4, 0.5) is 0 Å². The fourth-order valence-corrected chi connectivity index (χ4v) is 2.28. The number of para-hydroxylation sites is 1. The molecule has 6 nitrogen and oxygen atoms in total. The van der Waals surface area contributed by atoms with Gasteiger partial charge in [-0.1, -0.05) is 6.07 Å². The van der Waals surface area contributed by atoms with Crippen LogP contribution in [0.3, 0.4) is 0 Å². The molecule has 1 aromatic carbocycles. The summed E-state index contributed by atoms with van der Waals surface area (Å²) in [6, 6.07) is 5.04. The van der Waals surface area contributed by atoms with Gasteiger partial charge >= 0.3 is 5.97 Å². The summed E-state index contributed by atoms with van der Waals surface area (Å²) in [5, 5.41) is 2.68. The van der Waals surface area contributed by atoms with Gasteiger partial charge in [0.25, 0.3) is 5.91 Å². The topological polar surface area (TPSA) is 73.9 Å². The van der Waals surface area contributed by atoms with E-state index in [-0.39, 0.29) is 5.91 Å². The molecule has 0 unspecified atom stereocenters. The number of benzene rings is 1. The van der Waals surface area contributed by atoms with Gasteiger partial charge in [0.2, 0.25) is 0 Å². The molecule has 1 aromatic rings. The number of hydrogen-bond acceptors (Lipinski definition) is 5. The van der Waals surface area contributed by atoms with Crippen LogP contribution in [-0.4, -0.2) is 37.7 Å². The van der Waals surface area contributed by atoms with E-state index in [1.54, 1.807) is 18.2 Å². The van der Waals surface area contributed by atoms with Crippen LogP contribution in [0.15, 0.2) is 18.2 Å². The second kappa shape index (κ2) is 5.40. The summed E-state index contributed by atoms with van der Waals surface area (Å²) < 4.78 is 16.1. The molecular formula is C14H15NO5. The highest BCUT2D eigenvalue weighted by Crippen LogP contribution is 2.34. The van der Waals surface area contributed by atoms with Gasteiger partial charge in [-0.05, 0) is 25.0 Å². The molecule has 1 fully saturated rings. The van der Waals surface area contributed by atoms with Crippen molar-refractivity contribution in [1.82, 2.24) is 5.32 Å². The molecule has 0 saturated carbocycles. The molecule has 0 aromatic heterocycles. The molecule has 1 N–H and O–H groups in total. The summed E-state index contributed by atoms with van der Waals surface area (Å²) in [6.45, 7) is 1.47. The third-order valence-corrected chi connectivity index (χ3v) is 3.27. The van der Waals surface area contributed by atoms with E-state index in [4.69, 9.17) is 14.2 Å². The van der Waals surface area contributed by atoms with Crippen LogP contribution in [0.1, 0.15) is 23.2 Å². The predicted octanol–water partition coefficient (Wildman–Crippen LogP) is 0.893. The molecule has 6 heteroatoms. The molecular weight excluding hydrogens is 262 g/mol. The lowest BCUT2D eigenvalue weighted by Crippen LogP contribution is -2.42. The molecule has 3 rings (SSSR count). The van der Waals surface area contributed by atoms with Gasteiger partial charge in [-0.25, -0.2) is 4.79 Å². The largest absolute Gasteiger partial charge is 0.486 e. The average Bonchev–Trinajstić information content (AvgIpc) is 2.49. The van der Waals surface area contributed by atoms with Crippen LogP contribution in [0.2, 0.25) is 0 Å². The lowest BCUT2D eigenvalue weighted by molar-refractivity contribution is -0.132. The Morgan fingerprint density at radius 3 is 3.00 bits per heavy atom. The summed E-state index contributed by atoms with van der Waals surface area (Å²) in [5.41, 5.74) is 0.292. The van der Waals surface area contributed by atoms with Gasteiger partial charge in [0.1, 0.15) is 18.8 Å². The van der Waals surface area contributed by atoms with Crippen molar-refractivity contribution < 1.29 is 23.8 Å². The SMILES string of the molecule is O=C(O[C@H]1CCCNC1=O)c1cccc2c1OCCO2. The summed E-state index contributed by atoms with van der Waals surface area (Å²) in [4.78, 5) is 23.8. The molecule has 0 bridgehead atoms. The van der Waals surface area contributed by atoms with E-state index in [1.165, 1.54) is 0 Å². The number of rotatable bonds is 2. The van der Waals surface area contributed by atoms with Crippen molar-refractivity contribution in [3.8, 4) is 11.5 Å². The zero-order valence-corrected chi connectivity index (χ0v) is 10.9. The third kappa shape index (κ3) is 2.41. The van der Waals surface area contributed by atoms with E-state index in [0.717, 1.165) is 6.42 Å². The average molecular weight is 277 g/mol. The number of hydrogen-bond donors (Lipinski definition) is 1. The molecule has 2 aliphatic heterocycles. The first-order chi connectivity index (χ1) is 9.75. The second-order valence-corrected chi connectivity index (χ2v) is 4.66. The number of piperidine rings is 1. The number of amides is 1. The number of ether oxygens (including phenoxy) is 3. The number of nitrogens with one attached hydrogen (secondary N) is 1. The Hall–Kier alpha value is -2.24. The van der Waals surface area contributed by atoms with E-state index < -0.39 is 12.1 Å². The highest BCUT2D eigenvalue weighted by Gasteiger charge is 2.28. The Balaban J connectivity index is 1.78. The van der Waals surface area contributed by atoms with Crippen molar-refractivity contribution in [3.63, 3.8) is 0 Å². The van der Waals surface area contributed by atoms with E-state index in [1.807, 2.05) is 0 Å². The Labute approximate surface area is 116 Å². The van der Waals surface area contributed by atoms with Crippen molar-refractivity contribution in [3.05, 3.63) is 23.8 Å². The summed E-state index contributed by atoms with van der Waals surface area (Å²) in [6.07, 6.45) is 0.622. The summed E-state index contributed by atoms with van der Waals surface area (Å²) >= 11 is 0. The quantitative estimate of drug-likeness (QED) is 0.813. The first-order valence-electron chi connectivity index (χ1n) is 6.63. The minimum Gasteiger partial charge on any atom is -0.486 e. The molecule has 0 aliphatic carbocycles. The van der Waals surface area contributed by atoms with Crippen molar-refractivity contribution in [2.75, 3.05) is 19.8 Å². The molecule has 0 radical (unpaired) electrons. The number of carbonyl (C=O) groups is 2. The van der Waals surface area contributed by atoms with Gasteiger partial charge in [-0.2, -0.15) is 0 Å². The zero-order chi connectivity index (χ0) is 13.9. The van der Waals surface area contributed by atoms with Gasteiger partial charge in [0, 0.05) is 6.54 Å². The van der Waals surface area contributed by atoms with Gasteiger partial charge < -0.3 is 19.5 Å².